The summed E-state index contributed by atoms with van der Waals surface area (Å²) in [5, 5.41) is 8.48. The Balaban J connectivity index is 0.000000182. The van der Waals surface area contributed by atoms with E-state index in [0.29, 0.717) is 30.0 Å². The van der Waals surface area contributed by atoms with Crippen LogP contribution in [0.4, 0.5) is 0 Å². The SMILES string of the molecule is CC(C)NC(C1=Cc2cccnc2C(C)(C2CCN(C(C)C)CC2)c2ccc(Cl)cc21)c1cncn1C.Cc1ccc2c(c1)C([C@H](NC(C)C)c1cncn1C)=Cc1cccnc1[C@]2(C)C1CCN(C(C)C)CC1. The Labute approximate surface area is 448 Å². The molecule has 0 spiro atoms. The second-order valence-electron chi connectivity index (χ2n) is 23.4. The number of benzene rings is 2. The van der Waals surface area contributed by atoms with Gasteiger partial charge >= 0.3 is 0 Å². The van der Waals surface area contributed by atoms with Gasteiger partial charge in [-0.05, 0) is 221 Å². The molecular formula is C63H83ClN10. The molecule has 2 fully saturated rings. The van der Waals surface area contributed by atoms with E-state index < -0.39 is 0 Å². The summed E-state index contributed by atoms with van der Waals surface area (Å²) in [5.41, 5.74) is 15.8. The summed E-state index contributed by atoms with van der Waals surface area (Å²) < 4.78 is 4.26. The molecule has 0 bridgehead atoms. The monoisotopic (exact) mass is 1010 g/mol. The summed E-state index contributed by atoms with van der Waals surface area (Å²) in [6.07, 6.45) is 21.1. The van der Waals surface area contributed by atoms with Crippen molar-refractivity contribution in [2.24, 2.45) is 25.9 Å². The van der Waals surface area contributed by atoms with Crippen molar-refractivity contribution in [1.29, 1.82) is 0 Å². The van der Waals surface area contributed by atoms with Gasteiger partial charge in [-0.15, -0.1) is 0 Å². The number of halogens is 1. The largest absolute Gasteiger partial charge is 0.336 e. The molecule has 2 N–H and O–H groups in total. The summed E-state index contributed by atoms with van der Waals surface area (Å²) in [6, 6.07) is 24.0. The van der Waals surface area contributed by atoms with Gasteiger partial charge in [-0.25, -0.2) is 9.97 Å². The minimum absolute atomic E-state index is 0.0197. The highest BCUT2D eigenvalue weighted by atomic mass is 35.5. The lowest BCUT2D eigenvalue weighted by Crippen LogP contribution is -2.45. The number of aromatic nitrogens is 6. The highest BCUT2D eigenvalue weighted by Crippen LogP contribution is 2.53. The minimum atomic E-state index is -0.229. The molecule has 6 aromatic rings. The van der Waals surface area contributed by atoms with Crippen LogP contribution < -0.4 is 10.6 Å². The Morgan fingerprint density at radius 1 is 0.581 bits per heavy atom. The molecule has 74 heavy (non-hydrogen) atoms. The van der Waals surface area contributed by atoms with Crippen LogP contribution in [0, 0.1) is 18.8 Å². The zero-order valence-electron chi connectivity index (χ0n) is 46.6. The Morgan fingerprint density at radius 2 is 1.00 bits per heavy atom. The maximum atomic E-state index is 6.72. The number of hydrogen-bond acceptors (Lipinski definition) is 8. The van der Waals surface area contributed by atoms with E-state index in [-0.39, 0.29) is 29.0 Å². The molecule has 11 heteroatoms. The van der Waals surface area contributed by atoms with E-state index >= 15 is 0 Å². The molecule has 10 rings (SSSR count). The van der Waals surface area contributed by atoms with Crippen molar-refractivity contribution in [2.45, 2.75) is 149 Å². The lowest BCUT2D eigenvalue weighted by molar-refractivity contribution is 0.121. The number of fused-ring (bicyclic) bond motifs is 4. The molecule has 10 nitrogen and oxygen atoms in total. The van der Waals surface area contributed by atoms with Crippen molar-refractivity contribution in [3.05, 3.63) is 165 Å². The molecule has 2 saturated heterocycles. The topological polar surface area (TPSA) is 92.0 Å². The molecule has 392 valence electrons. The van der Waals surface area contributed by atoms with Crippen molar-refractivity contribution in [2.75, 3.05) is 26.2 Å². The average molecular weight is 1020 g/mol. The fourth-order valence-electron chi connectivity index (χ4n) is 13.2. The number of rotatable bonds is 12. The first kappa shape index (κ1) is 53.6. The fraction of sp³-hybridized carbons (Fsp3) is 0.492. The second-order valence-corrected chi connectivity index (χ2v) is 23.8. The molecular weight excluding hydrogens is 932 g/mol. The first-order chi connectivity index (χ1) is 35.4. The molecule has 2 aromatic carbocycles. The van der Waals surface area contributed by atoms with E-state index in [9.17, 15) is 0 Å². The quantitative estimate of drug-likeness (QED) is 0.125. The van der Waals surface area contributed by atoms with E-state index in [1.54, 1.807) is 0 Å². The van der Waals surface area contributed by atoms with Crippen LogP contribution >= 0.6 is 11.6 Å². The van der Waals surface area contributed by atoms with Crippen molar-refractivity contribution >= 4 is 34.9 Å². The average Bonchev–Trinajstić information content (AvgIpc) is 3.97. The van der Waals surface area contributed by atoms with Crippen LogP contribution in [0.2, 0.25) is 5.02 Å². The summed E-state index contributed by atoms with van der Waals surface area (Å²) in [6.45, 7) is 29.7. The van der Waals surface area contributed by atoms with Gasteiger partial charge in [0.1, 0.15) is 0 Å². The molecule has 6 heterocycles. The van der Waals surface area contributed by atoms with Gasteiger partial charge in [0.05, 0.1) is 59.9 Å². The lowest BCUT2D eigenvalue weighted by Gasteiger charge is -2.44. The molecule has 4 aromatic heterocycles. The molecule has 0 amide bonds. The predicted octanol–water partition coefficient (Wildman–Crippen LogP) is 12.6. The van der Waals surface area contributed by atoms with Crippen molar-refractivity contribution in [3.8, 4) is 0 Å². The molecule has 4 aliphatic rings. The van der Waals surface area contributed by atoms with E-state index in [4.69, 9.17) is 21.6 Å². The third-order valence-electron chi connectivity index (χ3n) is 17.3. The molecule has 2 aliphatic heterocycles. The van der Waals surface area contributed by atoms with Gasteiger partial charge in [-0.2, -0.15) is 0 Å². The van der Waals surface area contributed by atoms with Crippen LogP contribution in [0.15, 0.2) is 98.1 Å². The Bertz CT molecular complexity index is 2760. The van der Waals surface area contributed by atoms with Gasteiger partial charge in [0.2, 0.25) is 0 Å². The number of imidazole rings is 2. The first-order valence-electron chi connectivity index (χ1n) is 27.6. The number of pyridine rings is 2. The van der Waals surface area contributed by atoms with Gasteiger partial charge in [-0.1, -0.05) is 53.6 Å². The lowest BCUT2D eigenvalue weighted by atomic mass is 9.64. The molecule has 0 saturated carbocycles. The molecule has 2 unspecified atom stereocenters. The van der Waals surface area contributed by atoms with Crippen molar-refractivity contribution < 1.29 is 0 Å². The van der Waals surface area contributed by atoms with Crippen LogP contribution in [0.3, 0.4) is 0 Å². The smallest absolute Gasteiger partial charge is 0.0946 e. The Kier molecular flexibility index (Phi) is 16.0. The summed E-state index contributed by atoms with van der Waals surface area (Å²) >= 11 is 6.72. The van der Waals surface area contributed by atoms with Gasteiger partial charge in [0.25, 0.3) is 0 Å². The maximum Gasteiger partial charge on any atom is 0.0946 e. The third-order valence-corrected chi connectivity index (χ3v) is 17.5. The summed E-state index contributed by atoms with van der Waals surface area (Å²) in [5.74, 6) is 1.01. The van der Waals surface area contributed by atoms with Crippen molar-refractivity contribution in [3.63, 3.8) is 0 Å². The maximum absolute atomic E-state index is 6.72. The molecule has 2 aliphatic carbocycles. The number of nitrogens with one attached hydrogen (secondary N) is 2. The van der Waals surface area contributed by atoms with Gasteiger partial charge in [0.15, 0.2) is 0 Å². The zero-order valence-corrected chi connectivity index (χ0v) is 47.4. The molecule has 4 atom stereocenters. The van der Waals surface area contributed by atoms with Crippen LogP contribution in [0.5, 0.6) is 0 Å². The zero-order chi connectivity index (χ0) is 52.6. The Hall–Kier alpha value is -5.23. The van der Waals surface area contributed by atoms with Gasteiger partial charge in [-0.3, -0.25) is 9.97 Å². The predicted molar refractivity (Wildman–Crippen MR) is 307 cm³/mol. The Morgan fingerprint density at radius 3 is 1.39 bits per heavy atom. The van der Waals surface area contributed by atoms with Crippen LogP contribution in [0.25, 0.3) is 23.3 Å². The standard InChI is InChI=1S/C32H43N5.C31H40ClN5/c1-21(2)35-30(29-19-33-20-36(29)7)27-18-24-9-8-14-34-31(24)32(6,28-11-10-23(5)17-26(27)28)25-12-15-37(16-13-25)22(3)4;1-20(2)35-29(28-18-33-19-36(28)6)26-16-22-8-7-13-34-30(22)31(5,27-10-9-24(32)17-25(26)27)23-11-14-37(15-12-23)21(3)4/h8-11,14,17-22,25,30,35H,12-13,15-16H2,1-7H3;7-10,13,16-21,23,29,35H,11-12,14-15H2,1-6H3/t30-,32+;/m0./s1. The van der Waals surface area contributed by atoms with Crippen LogP contribution in [0.1, 0.15) is 169 Å². The second kappa shape index (κ2) is 22.2. The van der Waals surface area contributed by atoms with E-state index in [0.717, 1.165) is 49.7 Å². The highest BCUT2D eigenvalue weighted by Gasteiger charge is 2.47. The third kappa shape index (κ3) is 10.4. The number of hydrogen-bond donors (Lipinski definition) is 2. The first-order valence-corrected chi connectivity index (χ1v) is 28.0. The fourth-order valence-corrected chi connectivity index (χ4v) is 13.3. The van der Waals surface area contributed by atoms with E-state index in [2.05, 4.69) is 203 Å². The summed E-state index contributed by atoms with van der Waals surface area (Å²) in [7, 11) is 4.16. The van der Waals surface area contributed by atoms with Gasteiger partial charge in [0, 0.05) is 66.5 Å². The van der Waals surface area contributed by atoms with E-state index in [1.165, 1.54) is 80.0 Å². The number of nitrogens with zero attached hydrogens (tertiary/aromatic N) is 8. The number of likely N-dealkylation sites (tertiary alicyclic amines) is 2. The highest BCUT2D eigenvalue weighted by molar-refractivity contribution is 6.30. The normalized spacial score (nSPS) is 21.5. The minimum Gasteiger partial charge on any atom is -0.336 e. The van der Waals surface area contributed by atoms with Crippen molar-refractivity contribution in [1.82, 2.24) is 49.5 Å². The number of aryl methyl sites for hydroxylation is 3. The van der Waals surface area contributed by atoms with Gasteiger partial charge < -0.3 is 29.6 Å². The number of piperidine rings is 2. The van der Waals surface area contributed by atoms with Crippen LogP contribution in [-0.4, -0.2) is 89.2 Å². The molecule has 0 radical (unpaired) electrons. The summed E-state index contributed by atoms with van der Waals surface area (Å²) in [4.78, 5) is 24.4. The van der Waals surface area contributed by atoms with Crippen LogP contribution in [-0.2, 0) is 24.9 Å². The van der Waals surface area contributed by atoms with E-state index in [1.807, 2.05) is 37.4 Å².